The zero-order valence-electron chi connectivity index (χ0n) is 25.0. The Kier molecular flexibility index (Phi) is 10.1. The van der Waals surface area contributed by atoms with Crippen LogP contribution in [0.1, 0.15) is 43.5 Å². The van der Waals surface area contributed by atoms with Gasteiger partial charge in [0.05, 0.1) is 25.1 Å². The highest BCUT2D eigenvalue weighted by molar-refractivity contribution is 5.68. The normalized spacial score (nSPS) is 11.1. The fraction of sp³-hybridized carbons (Fsp3) is 0.270. The lowest BCUT2D eigenvalue weighted by molar-refractivity contribution is 0.235. The third-order valence-corrected chi connectivity index (χ3v) is 7.49. The number of benzene rings is 4. The van der Waals surface area contributed by atoms with Gasteiger partial charge < -0.3 is 14.0 Å². The Morgan fingerprint density at radius 2 is 1.38 bits per heavy atom. The minimum Gasteiger partial charge on any atom is -0.497 e. The summed E-state index contributed by atoms with van der Waals surface area (Å²) in [4.78, 5) is 7.84. The van der Waals surface area contributed by atoms with Gasteiger partial charge in [-0.1, -0.05) is 104 Å². The molecule has 0 bridgehead atoms. The van der Waals surface area contributed by atoms with Gasteiger partial charge in [0, 0.05) is 42.9 Å². The molecule has 0 spiro atoms. The van der Waals surface area contributed by atoms with Crippen molar-refractivity contribution in [1.82, 2.24) is 14.5 Å². The molecule has 5 nitrogen and oxygen atoms in total. The smallest absolute Gasteiger partial charge is 0.140 e. The van der Waals surface area contributed by atoms with Crippen molar-refractivity contribution in [2.24, 2.45) is 0 Å². The molecular formula is C37H41N3O2. The molecule has 5 aromatic rings. The van der Waals surface area contributed by atoms with Gasteiger partial charge in [0.25, 0.3) is 0 Å². The number of hydrogen-bond acceptors (Lipinski definition) is 4. The van der Waals surface area contributed by atoms with Crippen LogP contribution in [0.4, 0.5) is 0 Å². The Balaban J connectivity index is 1.61. The SMILES string of the molecule is CCCCn1c(-c2ccccc2)nc(-c2ccccc2)c1CN(Cc1ccc(OC)cc1)Cc1ccccc1OCC. The monoisotopic (exact) mass is 559 g/mol. The molecule has 0 N–H and O–H groups in total. The van der Waals surface area contributed by atoms with Gasteiger partial charge in [-0.05, 0) is 37.1 Å². The van der Waals surface area contributed by atoms with Gasteiger partial charge >= 0.3 is 0 Å². The predicted octanol–water partition coefficient (Wildman–Crippen LogP) is 8.63. The average Bonchev–Trinajstić information content (AvgIpc) is 3.40. The molecule has 0 unspecified atom stereocenters. The zero-order valence-corrected chi connectivity index (χ0v) is 25.0. The molecule has 0 aliphatic rings. The summed E-state index contributed by atoms with van der Waals surface area (Å²) in [6.07, 6.45) is 2.20. The lowest BCUT2D eigenvalue weighted by Gasteiger charge is -2.25. The Morgan fingerprint density at radius 1 is 0.714 bits per heavy atom. The number of nitrogens with zero attached hydrogens (tertiary/aromatic N) is 3. The second kappa shape index (κ2) is 14.5. The molecule has 5 heteroatoms. The number of para-hydroxylation sites is 1. The molecule has 0 saturated carbocycles. The molecule has 0 amide bonds. The van der Waals surface area contributed by atoms with Gasteiger partial charge in [-0.25, -0.2) is 4.98 Å². The maximum atomic E-state index is 6.04. The van der Waals surface area contributed by atoms with E-state index in [0.717, 1.165) is 73.2 Å². The van der Waals surface area contributed by atoms with Gasteiger partial charge in [0.2, 0.25) is 0 Å². The van der Waals surface area contributed by atoms with Crippen molar-refractivity contribution in [2.45, 2.75) is 52.9 Å². The van der Waals surface area contributed by atoms with Crippen molar-refractivity contribution in [3.63, 3.8) is 0 Å². The van der Waals surface area contributed by atoms with E-state index in [9.17, 15) is 0 Å². The van der Waals surface area contributed by atoms with Crippen LogP contribution in [0.15, 0.2) is 109 Å². The van der Waals surface area contributed by atoms with Crippen LogP contribution in [-0.2, 0) is 26.2 Å². The molecule has 1 aromatic heterocycles. The van der Waals surface area contributed by atoms with E-state index in [1.54, 1.807) is 7.11 Å². The van der Waals surface area contributed by atoms with Crippen LogP contribution in [0.3, 0.4) is 0 Å². The van der Waals surface area contributed by atoms with E-state index in [2.05, 4.69) is 107 Å². The number of unbranched alkanes of at least 4 members (excludes halogenated alkanes) is 1. The summed E-state index contributed by atoms with van der Waals surface area (Å²) in [5.74, 6) is 2.83. The van der Waals surface area contributed by atoms with E-state index < -0.39 is 0 Å². The molecule has 0 saturated heterocycles. The highest BCUT2D eigenvalue weighted by Crippen LogP contribution is 2.32. The van der Waals surface area contributed by atoms with E-state index >= 15 is 0 Å². The van der Waals surface area contributed by atoms with Crippen LogP contribution in [0, 0.1) is 0 Å². The minimum atomic E-state index is 0.637. The standard InChI is InChI=1S/C37H41N3O2/c1-4-6-25-40-34(36(30-15-9-7-10-16-30)38-37(40)31-17-11-8-12-18-31)28-39(26-29-21-23-33(41-3)24-22-29)27-32-19-13-14-20-35(32)42-5-2/h7-24H,4-6,25-28H2,1-3H3. The number of ether oxygens (including phenoxy) is 2. The molecule has 4 aromatic carbocycles. The Bertz CT molecular complexity index is 1530. The first-order chi connectivity index (χ1) is 20.7. The third-order valence-electron chi connectivity index (χ3n) is 7.49. The lowest BCUT2D eigenvalue weighted by Crippen LogP contribution is -2.25. The van der Waals surface area contributed by atoms with Gasteiger partial charge in [-0.3, -0.25) is 4.90 Å². The van der Waals surface area contributed by atoms with Gasteiger partial charge in [0.1, 0.15) is 17.3 Å². The van der Waals surface area contributed by atoms with Crippen LogP contribution in [0.25, 0.3) is 22.6 Å². The maximum Gasteiger partial charge on any atom is 0.140 e. The molecule has 0 fully saturated rings. The van der Waals surface area contributed by atoms with Gasteiger partial charge in [0.15, 0.2) is 0 Å². The van der Waals surface area contributed by atoms with Crippen LogP contribution >= 0.6 is 0 Å². The summed E-state index contributed by atoms with van der Waals surface area (Å²) in [5.41, 5.74) is 6.96. The maximum absolute atomic E-state index is 6.04. The zero-order chi connectivity index (χ0) is 29.1. The van der Waals surface area contributed by atoms with E-state index in [-0.39, 0.29) is 0 Å². The topological polar surface area (TPSA) is 39.5 Å². The highest BCUT2D eigenvalue weighted by atomic mass is 16.5. The Morgan fingerprint density at radius 3 is 2.05 bits per heavy atom. The number of methoxy groups -OCH3 is 1. The molecule has 1 heterocycles. The highest BCUT2D eigenvalue weighted by Gasteiger charge is 2.22. The largest absolute Gasteiger partial charge is 0.497 e. The molecule has 216 valence electrons. The summed E-state index contributed by atoms with van der Waals surface area (Å²) in [7, 11) is 1.71. The second-order valence-corrected chi connectivity index (χ2v) is 10.5. The molecular weight excluding hydrogens is 518 g/mol. The molecule has 0 aliphatic heterocycles. The quantitative estimate of drug-likeness (QED) is 0.137. The first-order valence-corrected chi connectivity index (χ1v) is 15.0. The number of aromatic nitrogens is 2. The average molecular weight is 560 g/mol. The molecule has 42 heavy (non-hydrogen) atoms. The molecule has 0 atom stereocenters. The summed E-state index contributed by atoms with van der Waals surface area (Å²) in [6, 6.07) is 37.9. The number of rotatable bonds is 14. The van der Waals surface area contributed by atoms with E-state index in [1.807, 2.05) is 25.1 Å². The first kappa shape index (κ1) is 29.2. The van der Waals surface area contributed by atoms with Crippen LogP contribution in [0.5, 0.6) is 11.5 Å². The van der Waals surface area contributed by atoms with Crippen LogP contribution in [-0.4, -0.2) is 28.2 Å². The summed E-state index contributed by atoms with van der Waals surface area (Å²) < 4.78 is 13.9. The number of imidazole rings is 1. The fourth-order valence-corrected chi connectivity index (χ4v) is 5.38. The van der Waals surface area contributed by atoms with Crippen molar-refractivity contribution >= 4 is 0 Å². The summed E-state index contributed by atoms with van der Waals surface area (Å²) in [6.45, 7) is 8.10. The van der Waals surface area contributed by atoms with Crippen molar-refractivity contribution < 1.29 is 9.47 Å². The second-order valence-electron chi connectivity index (χ2n) is 10.5. The molecule has 5 rings (SSSR count). The van der Waals surface area contributed by atoms with Crippen molar-refractivity contribution in [1.29, 1.82) is 0 Å². The number of hydrogen-bond donors (Lipinski definition) is 0. The minimum absolute atomic E-state index is 0.637. The van der Waals surface area contributed by atoms with Gasteiger partial charge in [-0.15, -0.1) is 0 Å². The first-order valence-electron chi connectivity index (χ1n) is 15.0. The van der Waals surface area contributed by atoms with E-state index in [1.165, 1.54) is 16.8 Å². The third kappa shape index (κ3) is 7.10. The lowest BCUT2D eigenvalue weighted by atomic mass is 10.1. The van der Waals surface area contributed by atoms with Gasteiger partial charge in [-0.2, -0.15) is 0 Å². The van der Waals surface area contributed by atoms with Crippen LogP contribution < -0.4 is 9.47 Å². The fourth-order valence-electron chi connectivity index (χ4n) is 5.38. The summed E-state index contributed by atoms with van der Waals surface area (Å²) >= 11 is 0. The van der Waals surface area contributed by atoms with E-state index in [4.69, 9.17) is 14.5 Å². The Labute approximate surface area is 250 Å². The van der Waals surface area contributed by atoms with Crippen LogP contribution in [0.2, 0.25) is 0 Å². The molecule has 0 radical (unpaired) electrons. The van der Waals surface area contributed by atoms with E-state index in [0.29, 0.717) is 6.61 Å². The summed E-state index contributed by atoms with van der Waals surface area (Å²) in [5, 5.41) is 0. The van der Waals surface area contributed by atoms with Crippen molar-refractivity contribution in [3.05, 3.63) is 126 Å². The van der Waals surface area contributed by atoms with Crippen molar-refractivity contribution in [2.75, 3.05) is 13.7 Å². The Hall–Kier alpha value is -4.35. The molecule has 0 aliphatic carbocycles. The predicted molar refractivity (Wildman–Crippen MR) is 172 cm³/mol. The van der Waals surface area contributed by atoms with Crippen molar-refractivity contribution in [3.8, 4) is 34.1 Å².